The van der Waals surface area contributed by atoms with Crippen molar-refractivity contribution in [3.05, 3.63) is 70.1 Å². The van der Waals surface area contributed by atoms with Crippen LogP contribution in [0.5, 0.6) is 5.75 Å². The zero-order valence-electron chi connectivity index (χ0n) is 17.8. The van der Waals surface area contributed by atoms with Crippen LogP contribution in [0.3, 0.4) is 0 Å². The van der Waals surface area contributed by atoms with Crippen LogP contribution in [0, 0.1) is 20.8 Å². The SMILES string of the molecule is COc1ccc(-c2nc(CS(=O)(=O)Cc3c(C)cc(C)c(C(C)=O)c3C)co2)cc1. The van der Waals surface area contributed by atoms with Crippen molar-refractivity contribution < 1.29 is 22.4 Å². The summed E-state index contributed by atoms with van der Waals surface area (Å²) >= 11 is 0. The highest BCUT2D eigenvalue weighted by molar-refractivity contribution is 7.89. The summed E-state index contributed by atoms with van der Waals surface area (Å²) in [6.07, 6.45) is 1.37. The zero-order chi connectivity index (χ0) is 22.1. The van der Waals surface area contributed by atoms with E-state index in [4.69, 9.17) is 9.15 Å². The Hall–Kier alpha value is -2.93. The summed E-state index contributed by atoms with van der Waals surface area (Å²) in [6.45, 7) is 7.04. The number of rotatable bonds is 7. The van der Waals surface area contributed by atoms with Crippen LogP contribution in [0.2, 0.25) is 0 Å². The second-order valence-corrected chi connectivity index (χ2v) is 9.51. The van der Waals surface area contributed by atoms with Crippen LogP contribution in [0.4, 0.5) is 0 Å². The molecule has 0 spiro atoms. The Labute approximate surface area is 176 Å². The van der Waals surface area contributed by atoms with Crippen molar-refractivity contribution in [2.45, 2.75) is 39.2 Å². The summed E-state index contributed by atoms with van der Waals surface area (Å²) in [5, 5.41) is 0. The third-order valence-electron chi connectivity index (χ3n) is 5.10. The number of sulfone groups is 1. The largest absolute Gasteiger partial charge is 0.497 e. The molecule has 0 unspecified atom stereocenters. The van der Waals surface area contributed by atoms with E-state index in [1.54, 1.807) is 38.3 Å². The summed E-state index contributed by atoms with van der Waals surface area (Å²) in [4.78, 5) is 16.3. The molecule has 0 N–H and O–H groups in total. The van der Waals surface area contributed by atoms with Crippen molar-refractivity contribution in [2.24, 2.45) is 0 Å². The maximum absolute atomic E-state index is 12.9. The van der Waals surface area contributed by atoms with E-state index in [-0.39, 0.29) is 17.3 Å². The molecule has 0 saturated carbocycles. The first kappa shape index (κ1) is 21.8. The van der Waals surface area contributed by atoms with Crippen molar-refractivity contribution in [1.82, 2.24) is 4.98 Å². The summed E-state index contributed by atoms with van der Waals surface area (Å²) in [7, 11) is -1.94. The Morgan fingerprint density at radius 1 is 1.07 bits per heavy atom. The van der Waals surface area contributed by atoms with Crippen LogP contribution >= 0.6 is 0 Å². The minimum atomic E-state index is -3.52. The van der Waals surface area contributed by atoms with E-state index >= 15 is 0 Å². The molecule has 6 nitrogen and oxygen atoms in total. The average Bonchev–Trinajstić information content (AvgIpc) is 3.12. The van der Waals surface area contributed by atoms with Gasteiger partial charge in [-0.25, -0.2) is 13.4 Å². The Kier molecular flexibility index (Phi) is 6.12. The maximum Gasteiger partial charge on any atom is 0.226 e. The minimum Gasteiger partial charge on any atom is -0.497 e. The van der Waals surface area contributed by atoms with E-state index < -0.39 is 9.84 Å². The second-order valence-electron chi connectivity index (χ2n) is 7.45. The third-order valence-corrected chi connectivity index (χ3v) is 6.57. The number of carbonyl (C=O) groups is 1. The van der Waals surface area contributed by atoms with Crippen LogP contribution in [-0.2, 0) is 21.3 Å². The van der Waals surface area contributed by atoms with Gasteiger partial charge in [-0.3, -0.25) is 4.79 Å². The molecule has 0 saturated heterocycles. The first-order valence-corrected chi connectivity index (χ1v) is 11.3. The number of Topliss-reactive ketones (excluding diaryl/α,β-unsaturated/α-hetero) is 1. The maximum atomic E-state index is 12.9. The summed E-state index contributed by atoms with van der Waals surface area (Å²) in [5.41, 5.74) is 4.78. The third kappa shape index (κ3) is 4.62. The molecule has 3 aromatic rings. The highest BCUT2D eigenvalue weighted by atomic mass is 32.2. The molecule has 30 heavy (non-hydrogen) atoms. The fraction of sp³-hybridized carbons (Fsp3) is 0.304. The molecule has 2 aromatic carbocycles. The van der Waals surface area contributed by atoms with Gasteiger partial charge in [0, 0.05) is 11.1 Å². The van der Waals surface area contributed by atoms with Gasteiger partial charge in [0.25, 0.3) is 0 Å². The zero-order valence-corrected chi connectivity index (χ0v) is 18.6. The topological polar surface area (TPSA) is 86.5 Å². The molecule has 3 rings (SSSR count). The molecular weight excluding hydrogens is 402 g/mol. The minimum absolute atomic E-state index is 0.0655. The number of ketones is 1. The standard InChI is InChI=1S/C23H25NO5S/c1-14-10-15(2)22(17(4)25)16(3)21(14)13-30(26,27)12-19-11-29-23(24-19)18-6-8-20(28-5)9-7-18/h6-11H,12-13H2,1-5H3. The van der Waals surface area contributed by atoms with E-state index in [9.17, 15) is 13.2 Å². The van der Waals surface area contributed by atoms with Gasteiger partial charge in [-0.2, -0.15) is 0 Å². The molecule has 0 aliphatic heterocycles. The number of aromatic nitrogens is 1. The van der Waals surface area contributed by atoms with Gasteiger partial charge in [0.1, 0.15) is 12.0 Å². The summed E-state index contributed by atoms with van der Waals surface area (Å²) in [6, 6.07) is 9.03. The smallest absolute Gasteiger partial charge is 0.226 e. The number of nitrogens with zero attached hydrogens (tertiary/aromatic N) is 1. The molecule has 158 valence electrons. The number of benzene rings is 2. The Morgan fingerprint density at radius 2 is 1.73 bits per heavy atom. The second kappa shape index (κ2) is 8.44. The molecule has 0 aliphatic rings. The van der Waals surface area contributed by atoms with Gasteiger partial charge < -0.3 is 9.15 Å². The van der Waals surface area contributed by atoms with Crippen molar-refractivity contribution >= 4 is 15.6 Å². The van der Waals surface area contributed by atoms with Crippen molar-refractivity contribution in [3.8, 4) is 17.2 Å². The fourth-order valence-electron chi connectivity index (χ4n) is 3.73. The normalized spacial score (nSPS) is 11.5. The molecule has 0 aliphatic carbocycles. The molecule has 0 bridgehead atoms. The molecule has 1 heterocycles. The predicted molar refractivity (Wildman–Crippen MR) is 115 cm³/mol. The monoisotopic (exact) mass is 427 g/mol. The van der Waals surface area contributed by atoms with Gasteiger partial charge in [-0.05, 0) is 74.2 Å². The van der Waals surface area contributed by atoms with E-state index in [0.717, 1.165) is 22.3 Å². The number of hydrogen-bond acceptors (Lipinski definition) is 6. The molecule has 0 amide bonds. The number of carbonyl (C=O) groups excluding carboxylic acids is 1. The summed E-state index contributed by atoms with van der Waals surface area (Å²) in [5.74, 6) is 0.598. The van der Waals surface area contributed by atoms with E-state index in [1.165, 1.54) is 13.2 Å². The highest BCUT2D eigenvalue weighted by Crippen LogP contribution is 2.27. The van der Waals surface area contributed by atoms with Gasteiger partial charge in [0.15, 0.2) is 15.6 Å². The number of aryl methyl sites for hydroxylation is 2. The highest BCUT2D eigenvalue weighted by Gasteiger charge is 2.22. The van der Waals surface area contributed by atoms with Crippen LogP contribution in [0.15, 0.2) is 41.0 Å². The molecule has 0 atom stereocenters. The number of methoxy groups -OCH3 is 1. The van der Waals surface area contributed by atoms with Gasteiger partial charge in [-0.15, -0.1) is 0 Å². The first-order chi connectivity index (χ1) is 14.1. The van der Waals surface area contributed by atoms with Gasteiger partial charge in [-0.1, -0.05) is 6.07 Å². The van der Waals surface area contributed by atoms with Crippen LogP contribution in [0.1, 0.15) is 45.2 Å². The van der Waals surface area contributed by atoms with Crippen molar-refractivity contribution in [2.75, 3.05) is 7.11 Å². The number of hydrogen-bond donors (Lipinski definition) is 0. The lowest BCUT2D eigenvalue weighted by Gasteiger charge is -2.15. The average molecular weight is 428 g/mol. The van der Waals surface area contributed by atoms with Crippen molar-refractivity contribution in [1.29, 1.82) is 0 Å². The lowest BCUT2D eigenvalue weighted by atomic mass is 9.92. The quantitative estimate of drug-likeness (QED) is 0.513. The van der Waals surface area contributed by atoms with Crippen LogP contribution in [-0.4, -0.2) is 26.3 Å². The van der Waals surface area contributed by atoms with Gasteiger partial charge in [0.2, 0.25) is 5.89 Å². The Bertz CT molecular complexity index is 1190. The molecule has 0 radical (unpaired) electrons. The van der Waals surface area contributed by atoms with Crippen molar-refractivity contribution in [3.63, 3.8) is 0 Å². The fourth-order valence-corrected chi connectivity index (χ4v) is 5.30. The molecule has 0 fully saturated rings. The lowest BCUT2D eigenvalue weighted by molar-refractivity contribution is 0.101. The number of ether oxygens (including phenoxy) is 1. The predicted octanol–water partition coefficient (Wildman–Crippen LogP) is 4.59. The number of oxazole rings is 1. The molecule has 7 heteroatoms. The van der Waals surface area contributed by atoms with E-state index in [2.05, 4.69) is 4.98 Å². The first-order valence-electron chi connectivity index (χ1n) is 9.51. The van der Waals surface area contributed by atoms with Gasteiger partial charge >= 0.3 is 0 Å². The lowest BCUT2D eigenvalue weighted by Crippen LogP contribution is -2.13. The van der Waals surface area contributed by atoms with Crippen LogP contribution < -0.4 is 4.74 Å². The van der Waals surface area contributed by atoms with E-state index in [1.807, 2.05) is 19.9 Å². The van der Waals surface area contributed by atoms with Crippen LogP contribution in [0.25, 0.3) is 11.5 Å². The van der Waals surface area contributed by atoms with E-state index in [0.29, 0.717) is 28.5 Å². The Balaban J connectivity index is 1.84. The molecule has 1 aromatic heterocycles. The Morgan fingerprint density at radius 3 is 2.33 bits per heavy atom. The van der Waals surface area contributed by atoms with Gasteiger partial charge in [0.05, 0.1) is 24.3 Å². The summed E-state index contributed by atoms with van der Waals surface area (Å²) < 4.78 is 36.4. The molecular formula is C23H25NO5S.